The molecule has 0 aliphatic carbocycles. The number of carbonyl (C=O) groups is 1. The number of rotatable bonds is 6. The molecule has 0 radical (unpaired) electrons. The second-order valence-corrected chi connectivity index (χ2v) is 3.95. The fraction of sp³-hybridized carbons (Fsp3) is 0.900. The van der Waals surface area contributed by atoms with Crippen LogP contribution in [0.1, 0.15) is 20.8 Å². The second kappa shape index (κ2) is 5.35. The molecule has 0 aliphatic rings. The predicted molar refractivity (Wildman–Crippen MR) is 51.7 cm³/mol. The van der Waals surface area contributed by atoms with Gasteiger partial charge in [0.15, 0.2) is 0 Å². The third-order valence-corrected chi connectivity index (χ3v) is 2.05. The maximum absolute atomic E-state index is 11.8. The summed E-state index contributed by atoms with van der Waals surface area (Å²) in [5.74, 6) is 0.214. The van der Waals surface area contributed by atoms with E-state index in [1.807, 2.05) is 20.8 Å². The fourth-order valence-electron chi connectivity index (χ4n) is 1.52. The molecule has 0 N–H and O–H groups in total. The van der Waals surface area contributed by atoms with Gasteiger partial charge in [0.05, 0.1) is 18.6 Å². The second-order valence-electron chi connectivity index (χ2n) is 3.95. The van der Waals surface area contributed by atoms with Crippen LogP contribution in [0.5, 0.6) is 0 Å². The van der Waals surface area contributed by atoms with E-state index in [0.29, 0.717) is 13.2 Å². The number of ketones is 1. The van der Waals surface area contributed by atoms with Gasteiger partial charge >= 0.3 is 0 Å². The molecule has 0 rings (SSSR count). The van der Waals surface area contributed by atoms with Crippen LogP contribution < -0.4 is 0 Å². The van der Waals surface area contributed by atoms with E-state index in [4.69, 9.17) is 9.47 Å². The summed E-state index contributed by atoms with van der Waals surface area (Å²) in [6.45, 7) is 6.50. The minimum Gasteiger partial charge on any atom is -0.384 e. The van der Waals surface area contributed by atoms with Crippen molar-refractivity contribution >= 4 is 5.78 Å². The lowest BCUT2D eigenvalue weighted by Gasteiger charge is -2.27. The van der Waals surface area contributed by atoms with Crippen LogP contribution in [0.2, 0.25) is 0 Å². The first-order chi connectivity index (χ1) is 5.98. The fourth-order valence-corrected chi connectivity index (χ4v) is 1.52. The third-order valence-electron chi connectivity index (χ3n) is 2.05. The van der Waals surface area contributed by atoms with Gasteiger partial charge in [0.25, 0.3) is 0 Å². The molecule has 0 unspecified atom stereocenters. The average molecular weight is 188 g/mol. The van der Waals surface area contributed by atoms with Crippen molar-refractivity contribution in [3.8, 4) is 0 Å². The molecule has 3 nitrogen and oxygen atoms in total. The Balaban J connectivity index is 4.46. The number of hydrogen-bond donors (Lipinski definition) is 0. The molecule has 0 aliphatic heterocycles. The van der Waals surface area contributed by atoms with Crippen LogP contribution in [0, 0.1) is 11.3 Å². The number of ether oxygens (including phenoxy) is 2. The summed E-state index contributed by atoms with van der Waals surface area (Å²) in [5.41, 5.74) is -0.502. The summed E-state index contributed by atoms with van der Waals surface area (Å²) in [4.78, 5) is 11.8. The van der Waals surface area contributed by atoms with E-state index in [1.165, 1.54) is 0 Å². The highest BCUT2D eigenvalue weighted by atomic mass is 16.5. The number of hydrogen-bond acceptors (Lipinski definition) is 3. The van der Waals surface area contributed by atoms with Gasteiger partial charge in [-0.15, -0.1) is 0 Å². The van der Waals surface area contributed by atoms with Crippen LogP contribution in [0.4, 0.5) is 0 Å². The quantitative estimate of drug-likeness (QED) is 0.634. The van der Waals surface area contributed by atoms with E-state index in [0.717, 1.165) is 0 Å². The Morgan fingerprint density at radius 1 is 1.23 bits per heavy atom. The summed E-state index contributed by atoms with van der Waals surface area (Å²) in [6.07, 6.45) is 0. The molecule has 0 bridgehead atoms. The van der Waals surface area contributed by atoms with Gasteiger partial charge in [-0.2, -0.15) is 0 Å². The molecule has 0 atom stereocenters. The van der Waals surface area contributed by atoms with Crippen molar-refractivity contribution < 1.29 is 14.3 Å². The first-order valence-corrected chi connectivity index (χ1v) is 4.50. The average Bonchev–Trinajstić information content (AvgIpc) is 2.03. The Morgan fingerprint density at radius 2 is 1.62 bits per heavy atom. The van der Waals surface area contributed by atoms with Crippen LogP contribution in [0.15, 0.2) is 0 Å². The SMILES string of the molecule is COCC(C)(COC)C(=O)C(C)C. The van der Waals surface area contributed by atoms with Crippen molar-refractivity contribution in [3.05, 3.63) is 0 Å². The largest absolute Gasteiger partial charge is 0.384 e. The Bertz CT molecular complexity index is 158. The molecular formula is C10H20O3. The molecule has 3 heteroatoms. The molecule has 13 heavy (non-hydrogen) atoms. The van der Waals surface area contributed by atoms with Crippen molar-refractivity contribution in [3.63, 3.8) is 0 Å². The molecule has 0 fully saturated rings. The zero-order valence-electron chi connectivity index (χ0n) is 9.22. The monoisotopic (exact) mass is 188 g/mol. The van der Waals surface area contributed by atoms with Gasteiger partial charge in [0, 0.05) is 20.1 Å². The van der Waals surface area contributed by atoms with Crippen LogP contribution in [-0.4, -0.2) is 33.2 Å². The first-order valence-electron chi connectivity index (χ1n) is 4.50. The van der Waals surface area contributed by atoms with Crippen molar-refractivity contribution in [2.45, 2.75) is 20.8 Å². The van der Waals surface area contributed by atoms with E-state index < -0.39 is 5.41 Å². The number of Topliss-reactive ketones (excluding diaryl/α,β-unsaturated/α-hetero) is 1. The zero-order chi connectivity index (χ0) is 10.5. The topological polar surface area (TPSA) is 35.5 Å². The van der Waals surface area contributed by atoms with Gasteiger partial charge in [-0.1, -0.05) is 13.8 Å². The molecule has 0 amide bonds. The van der Waals surface area contributed by atoms with Gasteiger partial charge in [-0.25, -0.2) is 0 Å². The molecule has 0 saturated carbocycles. The molecule has 0 aromatic carbocycles. The van der Waals surface area contributed by atoms with Crippen molar-refractivity contribution in [2.24, 2.45) is 11.3 Å². The number of methoxy groups -OCH3 is 2. The summed E-state index contributed by atoms with van der Waals surface area (Å²) in [7, 11) is 3.20. The Labute approximate surface area is 80.4 Å². The zero-order valence-corrected chi connectivity index (χ0v) is 9.22. The van der Waals surface area contributed by atoms with E-state index in [2.05, 4.69) is 0 Å². The lowest BCUT2D eigenvalue weighted by atomic mass is 9.82. The van der Waals surface area contributed by atoms with E-state index >= 15 is 0 Å². The lowest BCUT2D eigenvalue weighted by Crippen LogP contribution is -2.39. The van der Waals surface area contributed by atoms with Gasteiger partial charge < -0.3 is 9.47 Å². The molecule has 0 saturated heterocycles. The van der Waals surface area contributed by atoms with Crippen LogP contribution in [-0.2, 0) is 14.3 Å². The normalized spacial score (nSPS) is 12.2. The molecule has 78 valence electrons. The van der Waals surface area contributed by atoms with Gasteiger partial charge in [-0.3, -0.25) is 4.79 Å². The van der Waals surface area contributed by atoms with Crippen molar-refractivity contribution in [1.82, 2.24) is 0 Å². The summed E-state index contributed by atoms with van der Waals surface area (Å²) in [5, 5.41) is 0. The minimum absolute atomic E-state index is 0.0234. The number of carbonyl (C=O) groups excluding carboxylic acids is 1. The predicted octanol–water partition coefficient (Wildman–Crippen LogP) is 1.51. The van der Waals surface area contributed by atoms with Crippen molar-refractivity contribution in [2.75, 3.05) is 27.4 Å². The summed E-state index contributed by atoms with van der Waals surface area (Å²) in [6, 6.07) is 0. The van der Waals surface area contributed by atoms with E-state index in [-0.39, 0.29) is 11.7 Å². The van der Waals surface area contributed by atoms with Crippen LogP contribution in [0.3, 0.4) is 0 Å². The highest BCUT2D eigenvalue weighted by Gasteiger charge is 2.34. The van der Waals surface area contributed by atoms with E-state index in [1.54, 1.807) is 14.2 Å². The molecule has 0 heterocycles. The van der Waals surface area contributed by atoms with Gasteiger partial charge in [0.1, 0.15) is 5.78 Å². The Kier molecular flexibility index (Phi) is 5.18. The molecule has 0 aromatic rings. The highest BCUT2D eigenvalue weighted by Crippen LogP contribution is 2.22. The van der Waals surface area contributed by atoms with Gasteiger partial charge in [-0.05, 0) is 6.92 Å². The molecule has 0 aromatic heterocycles. The Morgan fingerprint density at radius 3 is 1.85 bits per heavy atom. The van der Waals surface area contributed by atoms with Crippen LogP contribution >= 0.6 is 0 Å². The maximum atomic E-state index is 11.8. The maximum Gasteiger partial charge on any atom is 0.145 e. The van der Waals surface area contributed by atoms with E-state index in [9.17, 15) is 4.79 Å². The lowest BCUT2D eigenvalue weighted by molar-refractivity contribution is -0.137. The third kappa shape index (κ3) is 3.44. The van der Waals surface area contributed by atoms with Crippen molar-refractivity contribution in [1.29, 1.82) is 0 Å². The first kappa shape index (κ1) is 12.6. The molecule has 0 spiro atoms. The standard InChI is InChI=1S/C10H20O3/c1-8(2)9(11)10(3,6-12-4)7-13-5/h8H,6-7H2,1-5H3. The minimum atomic E-state index is -0.502. The summed E-state index contributed by atoms with van der Waals surface area (Å²) < 4.78 is 10.1. The highest BCUT2D eigenvalue weighted by molar-refractivity contribution is 5.86. The Hall–Kier alpha value is -0.410. The van der Waals surface area contributed by atoms with Gasteiger partial charge in [0.2, 0.25) is 0 Å². The smallest absolute Gasteiger partial charge is 0.145 e. The molecular weight excluding hydrogens is 168 g/mol. The van der Waals surface area contributed by atoms with Crippen LogP contribution in [0.25, 0.3) is 0 Å². The summed E-state index contributed by atoms with van der Waals surface area (Å²) >= 11 is 0.